The van der Waals surface area contributed by atoms with Crippen LogP contribution in [0.25, 0.3) is 27.5 Å². The van der Waals surface area contributed by atoms with E-state index in [1.807, 2.05) is 6.20 Å². The maximum Gasteiger partial charge on any atom is 0.226 e. The molecule has 7 atom stereocenters. The number of hydrogen-bond acceptors (Lipinski definition) is 6. The molecule has 8 nitrogen and oxygen atoms in total. The first-order valence-electron chi connectivity index (χ1n) is 20.8. The van der Waals surface area contributed by atoms with Gasteiger partial charge in [0.2, 0.25) is 11.8 Å². The highest BCUT2D eigenvalue weighted by Crippen LogP contribution is 2.45. The normalized spacial score (nSPS) is 24.6. The van der Waals surface area contributed by atoms with Crippen LogP contribution < -0.4 is 4.74 Å². The van der Waals surface area contributed by atoms with Gasteiger partial charge < -0.3 is 19.3 Å². The third kappa shape index (κ3) is 6.72. The van der Waals surface area contributed by atoms with Crippen molar-refractivity contribution >= 4 is 45.3 Å². The van der Waals surface area contributed by atoms with E-state index < -0.39 is 0 Å². The number of benzene rings is 3. The number of methoxy groups -OCH3 is 1. The summed E-state index contributed by atoms with van der Waals surface area (Å²) in [4.78, 5) is 41.7. The van der Waals surface area contributed by atoms with Crippen molar-refractivity contribution in [2.24, 2.45) is 39.6 Å². The molecule has 5 aliphatic heterocycles. The number of likely N-dealkylation sites (tertiary alicyclic amines) is 2. The molecule has 8 rings (SSSR count). The molecule has 0 N–H and O–H groups in total. The first-order valence-corrected chi connectivity index (χ1v) is 20.8. The lowest BCUT2D eigenvalue weighted by atomic mass is 9.89. The maximum absolute atomic E-state index is 13.8. The van der Waals surface area contributed by atoms with Gasteiger partial charge in [-0.15, -0.1) is 0 Å². The Morgan fingerprint density at radius 3 is 2.51 bits per heavy atom. The predicted octanol–water partition coefficient (Wildman–Crippen LogP) is 9.43. The van der Waals surface area contributed by atoms with Gasteiger partial charge in [0.25, 0.3) is 0 Å². The second-order valence-electron chi connectivity index (χ2n) is 17.5. The highest BCUT2D eigenvalue weighted by molar-refractivity contribution is 6.07. The molecule has 0 unspecified atom stereocenters. The number of carbonyl (C=O) groups is 2. The summed E-state index contributed by atoms with van der Waals surface area (Å²) < 4.78 is 12.1. The molecule has 0 radical (unpaired) electrons. The molecule has 8 heteroatoms. The average Bonchev–Trinajstić information content (AvgIpc) is 4.01. The van der Waals surface area contributed by atoms with Gasteiger partial charge in [-0.3, -0.25) is 19.6 Å². The molecule has 2 fully saturated rings. The topological polar surface area (TPSA) is 83.8 Å². The van der Waals surface area contributed by atoms with E-state index in [0.29, 0.717) is 31.0 Å². The summed E-state index contributed by atoms with van der Waals surface area (Å²) in [5.41, 5.74) is 10.3. The van der Waals surface area contributed by atoms with Gasteiger partial charge in [0.1, 0.15) is 12.4 Å². The molecule has 3 aromatic carbocycles. The van der Waals surface area contributed by atoms with Crippen LogP contribution in [0.3, 0.4) is 0 Å². The molecular formula is C47H58N4O4. The molecule has 0 spiro atoms. The Hall–Kier alpha value is -4.30. The number of nitrogens with zero attached hydrogens (tertiary/aromatic N) is 4. The molecule has 55 heavy (non-hydrogen) atoms. The number of allylic oxidation sites excluding steroid dienone is 1. The smallest absolute Gasteiger partial charge is 0.226 e. The summed E-state index contributed by atoms with van der Waals surface area (Å²) in [6.45, 7) is 16.8. The fourth-order valence-electron chi connectivity index (χ4n) is 9.65. The molecular weight excluding hydrogens is 685 g/mol. The lowest BCUT2D eigenvalue weighted by Gasteiger charge is -2.32. The molecule has 2 saturated heterocycles. The van der Waals surface area contributed by atoms with Gasteiger partial charge in [-0.25, -0.2) is 0 Å². The summed E-state index contributed by atoms with van der Waals surface area (Å²) in [5.74, 6) is 2.32. The summed E-state index contributed by atoms with van der Waals surface area (Å²) in [7, 11) is 1.75. The fourth-order valence-corrected chi connectivity index (χ4v) is 9.65. The van der Waals surface area contributed by atoms with E-state index in [2.05, 4.69) is 101 Å². The van der Waals surface area contributed by atoms with Gasteiger partial charge in [0.05, 0.1) is 24.4 Å². The van der Waals surface area contributed by atoms with Crippen LogP contribution in [0.2, 0.25) is 0 Å². The third-order valence-electron chi connectivity index (χ3n) is 13.8. The summed E-state index contributed by atoms with van der Waals surface area (Å²) in [6, 6.07) is 15.9. The van der Waals surface area contributed by atoms with Crippen molar-refractivity contribution in [1.29, 1.82) is 0 Å². The average molecular weight is 743 g/mol. The van der Waals surface area contributed by atoms with Crippen LogP contribution in [-0.4, -0.2) is 71.4 Å². The molecule has 5 heterocycles. The molecule has 0 aliphatic carbocycles. The van der Waals surface area contributed by atoms with E-state index in [9.17, 15) is 9.59 Å². The zero-order valence-corrected chi connectivity index (χ0v) is 34.0. The minimum Gasteiger partial charge on any atom is -0.488 e. The summed E-state index contributed by atoms with van der Waals surface area (Å²) in [6.07, 6.45) is 7.38. The second-order valence-corrected chi connectivity index (χ2v) is 17.5. The Morgan fingerprint density at radius 2 is 1.75 bits per heavy atom. The Morgan fingerprint density at radius 1 is 0.927 bits per heavy atom. The Kier molecular flexibility index (Phi) is 10.2. The van der Waals surface area contributed by atoms with E-state index in [0.717, 1.165) is 79.1 Å². The van der Waals surface area contributed by atoms with Gasteiger partial charge >= 0.3 is 0 Å². The van der Waals surface area contributed by atoms with E-state index in [1.54, 1.807) is 7.11 Å². The van der Waals surface area contributed by atoms with Gasteiger partial charge in [-0.2, -0.15) is 0 Å². The Balaban J connectivity index is 1.00. The molecule has 0 bridgehead atoms. The number of aliphatic imine (C=N–C) groups is 2. The van der Waals surface area contributed by atoms with Crippen LogP contribution in [0, 0.1) is 29.6 Å². The molecule has 2 amide bonds. The minimum atomic E-state index is -0.0236. The Labute approximate surface area is 327 Å². The molecule has 0 saturated carbocycles. The number of rotatable bonds is 10. The molecule has 290 valence electrons. The number of carbonyl (C=O) groups excluding carboxylic acids is 2. The van der Waals surface area contributed by atoms with Crippen molar-refractivity contribution in [1.82, 2.24) is 9.80 Å². The monoisotopic (exact) mass is 742 g/mol. The lowest BCUT2D eigenvalue weighted by Crippen LogP contribution is -2.46. The van der Waals surface area contributed by atoms with Crippen molar-refractivity contribution in [3.8, 4) is 16.9 Å². The van der Waals surface area contributed by atoms with E-state index >= 15 is 0 Å². The van der Waals surface area contributed by atoms with Gasteiger partial charge in [-0.05, 0) is 101 Å². The zero-order chi connectivity index (χ0) is 38.7. The van der Waals surface area contributed by atoms with Crippen LogP contribution in [0.5, 0.6) is 5.75 Å². The number of fused-ring (bicyclic) bond motifs is 6. The van der Waals surface area contributed by atoms with Crippen molar-refractivity contribution in [2.75, 3.05) is 20.3 Å². The summed E-state index contributed by atoms with van der Waals surface area (Å²) >= 11 is 0. The molecule has 5 aliphatic rings. The maximum atomic E-state index is 13.8. The molecule has 0 aromatic heterocycles. The quantitative estimate of drug-likeness (QED) is 0.207. The van der Waals surface area contributed by atoms with Crippen molar-refractivity contribution in [3.05, 3.63) is 65.4 Å². The van der Waals surface area contributed by atoms with E-state index in [4.69, 9.17) is 19.5 Å². The minimum absolute atomic E-state index is 0.00208. The zero-order valence-electron chi connectivity index (χ0n) is 34.0. The van der Waals surface area contributed by atoms with E-state index in [-0.39, 0.29) is 41.8 Å². The number of hydrogen-bond donors (Lipinski definition) is 0. The van der Waals surface area contributed by atoms with Crippen LogP contribution in [0.15, 0.2) is 58.6 Å². The van der Waals surface area contributed by atoms with Crippen LogP contribution >= 0.6 is 0 Å². The first kappa shape index (κ1) is 37.6. The van der Waals surface area contributed by atoms with Crippen molar-refractivity contribution in [2.45, 2.75) is 112 Å². The molecule has 3 aromatic rings. The van der Waals surface area contributed by atoms with Crippen LogP contribution in [0.4, 0.5) is 5.69 Å². The largest absolute Gasteiger partial charge is 0.488 e. The van der Waals surface area contributed by atoms with Gasteiger partial charge in [0, 0.05) is 73.5 Å². The lowest BCUT2D eigenvalue weighted by molar-refractivity contribution is -0.138. The predicted molar refractivity (Wildman–Crippen MR) is 222 cm³/mol. The second kappa shape index (κ2) is 15.0. The SMILES string of the molecule is CC[C@H](C)[C@H](C)C(=O)N1C[C@@H](COC)C[C@H]1C1=Nc2ccc3cc4c(cc3c2C1)OCc1cc(C2=CN=C([C@@H]3CC[C@H](C)N3C(=O)[C@@H](C)C(C)C)C2)ccc1-4. The first-order chi connectivity index (χ1) is 26.5. The number of amides is 2. The Bertz CT molecular complexity index is 2110. The third-order valence-corrected chi connectivity index (χ3v) is 13.8. The fraction of sp³-hybridized carbons (Fsp3) is 0.532. The highest BCUT2D eigenvalue weighted by atomic mass is 16.5. The van der Waals surface area contributed by atoms with Crippen molar-refractivity contribution < 1.29 is 19.1 Å². The van der Waals surface area contributed by atoms with Gasteiger partial charge in [-0.1, -0.05) is 66.2 Å². The van der Waals surface area contributed by atoms with Crippen LogP contribution in [0.1, 0.15) is 97.3 Å². The summed E-state index contributed by atoms with van der Waals surface area (Å²) in [5, 5.41) is 2.34. The van der Waals surface area contributed by atoms with Gasteiger partial charge in [0.15, 0.2) is 0 Å². The standard InChI is InChI=1S/C47H58N4O4/c1-9-27(4)30(7)46(52)50-23-31(24-54-8)16-44(50)42-20-38-37-21-45-39(18-33(37)12-14-40(38)49-42)36-13-11-32(17-35(36)25-55-45)34-19-41(48-22-34)43-15-10-28(5)51(43)47(53)29(6)26(2)3/h11-14,17-18,21-22,26-31,43-44H,9-10,15-16,19-20,23-25H2,1-8H3/t27-,28-,29-,30-,31-,43-,44-/m0/s1. The van der Waals surface area contributed by atoms with Crippen molar-refractivity contribution in [3.63, 3.8) is 0 Å². The number of ether oxygens (including phenoxy) is 2. The highest BCUT2D eigenvalue weighted by Gasteiger charge is 2.42. The van der Waals surface area contributed by atoms with E-state index in [1.165, 1.54) is 33.0 Å². The van der Waals surface area contributed by atoms with Crippen LogP contribution in [-0.2, 0) is 27.4 Å².